The zero-order chi connectivity index (χ0) is 15.1. The van der Waals surface area contributed by atoms with Crippen LogP contribution in [-0.2, 0) is 9.53 Å². The van der Waals surface area contributed by atoms with Crippen LogP contribution in [0.2, 0.25) is 0 Å². The van der Waals surface area contributed by atoms with Gasteiger partial charge in [0.15, 0.2) is 0 Å². The Morgan fingerprint density at radius 3 is 2.14 bits per heavy atom. The van der Waals surface area contributed by atoms with Crippen molar-refractivity contribution in [1.82, 2.24) is 0 Å². The molecule has 2 heteroatoms. The monoisotopic (exact) mass is 280 g/mol. The molecule has 108 valence electrons. The van der Waals surface area contributed by atoms with Gasteiger partial charge in [0.05, 0.1) is 5.92 Å². The van der Waals surface area contributed by atoms with Crippen molar-refractivity contribution in [3.63, 3.8) is 0 Å². The van der Waals surface area contributed by atoms with E-state index >= 15 is 0 Å². The summed E-state index contributed by atoms with van der Waals surface area (Å²) < 4.78 is 5.46. The molecule has 0 saturated carbocycles. The lowest BCUT2D eigenvalue weighted by Crippen LogP contribution is -2.18. The van der Waals surface area contributed by atoms with E-state index in [2.05, 4.69) is 0 Å². The first-order valence-corrected chi connectivity index (χ1v) is 7.15. The van der Waals surface area contributed by atoms with E-state index in [9.17, 15) is 4.79 Å². The number of rotatable bonds is 5. The molecule has 0 aliphatic carbocycles. The average Bonchev–Trinajstić information content (AvgIpc) is 2.54. The summed E-state index contributed by atoms with van der Waals surface area (Å²) in [5, 5.41) is 0. The Balaban J connectivity index is 1.92. The minimum atomic E-state index is -0.251. The first kappa shape index (κ1) is 15.0. The first-order chi connectivity index (χ1) is 10.2. The van der Waals surface area contributed by atoms with Gasteiger partial charge in [0.25, 0.3) is 0 Å². The Hall–Kier alpha value is -2.35. The smallest absolute Gasteiger partial charge is 0.313 e. The Morgan fingerprint density at radius 1 is 0.952 bits per heavy atom. The van der Waals surface area contributed by atoms with Crippen LogP contribution in [0, 0.1) is 0 Å². The SMILES string of the molecule is C[C@H](C(=O)O[C@@H](C)/C=C/c1ccccc1)c1ccccc1. The molecule has 2 nitrogen and oxygen atoms in total. The van der Waals surface area contributed by atoms with Crippen LogP contribution in [0.3, 0.4) is 0 Å². The topological polar surface area (TPSA) is 26.3 Å². The predicted octanol–water partition coefficient (Wildman–Crippen LogP) is 4.44. The van der Waals surface area contributed by atoms with Gasteiger partial charge < -0.3 is 4.74 Å². The van der Waals surface area contributed by atoms with Gasteiger partial charge >= 0.3 is 5.97 Å². The Labute approximate surface area is 126 Å². The number of esters is 1. The van der Waals surface area contributed by atoms with Crippen molar-refractivity contribution < 1.29 is 9.53 Å². The molecule has 0 aliphatic rings. The zero-order valence-electron chi connectivity index (χ0n) is 12.4. The van der Waals surface area contributed by atoms with E-state index in [4.69, 9.17) is 4.74 Å². The summed E-state index contributed by atoms with van der Waals surface area (Å²) in [7, 11) is 0. The molecule has 0 aromatic heterocycles. The van der Waals surface area contributed by atoms with Crippen molar-refractivity contribution in [1.29, 1.82) is 0 Å². The van der Waals surface area contributed by atoms with Crippen LogP contribution < -0.4 is 0 Å². The van der Waals surface area contributed by atoms with Crippen molar-refractivity contribution in [2.45, 2.75) is 25.9 Å². The average molecular weight is 280 g/mol. The van der Waals surface area contributed by atoms with Gasteiger partial charge in [-0.25, -0.2) is 0 Å². The highest BCUT2D eigenvalue weighted by molar-refractivity contribution is 5.78. The molecule has 2 aromatic carbocycles. The number of hydrogen-bond donors (Lipinski definition) is 0. The quantitative estimate of drug-likeness (QED) is 0.757. The lowest BCUT2D eigenvalue weighted by Gasteiger charge is -2.14. The predicted molar refractivity (Wildman–Crippen MR) is 85.9 cm³/mol. The third kappa shape index (κ3) is 4.60. The fourth-order valence-electron chi connectivity index (χ4n) is 2.01. The first-order valence-electron chi connectivity index (χ1n) is 7.15. The van der Waals surface area contributed by atoms with Crippen LogP contribution >= 0.6 is 0 Å². The molecule has 21 heavy (non-hydrogen) atoms. The molecule has 0 saturated heterocycles. The van der Waals surface area contributed by atoms with E-state index in [1.165, 1.54) is 0 Å². The van der Waals surface area contributed by atoms with Crippen LogP contribution in [0.25, 0.3) is 6.08 Å². The molecule has 0 bridgehead atoms. The molecule has 0 spiro atoms. The van der Waals surface area contributed by atoms with Gasteiger partial charge in [-0.3, -0.25) is 4.79 Å². The molecule has 0 N–H and O–H groups in total. The maximum absolute atomic E-state index is 12.1. The van der Waals surface area contributed by atoms with E-state index in [0.717, 1.165) is 11.1 Å². The van der Waals surface area contributed by atoms with Gasteiger partial charge in [-0.15, -0.1) is 0 Å². The molecule has 2 atom stereocenters. The molecule has 0 amide bonds. The molecule has 0 fully saturated rings. The Morgan fingerprint density at radius 2 is 1.52 bits per heavy atom. The number of carbonyl (C=O) groups excluding carboxylic acids is 1. The van der Waals surface area contributed by atoms with Crippen molar-refractivity contribution in [3.05, 3.63) is 77.9 Å². The number of hydrogen-bond acceptors (Lipinski definition) is 2. The maximum Gasteiger partial charge on any atom is 0.313 e. The van der Waals surface area contributed by atoms with Gasteiger partial charge in [-0.05, 0) is 31.1 Å². The number of benzene rings is 2. The van der Waals surface area contributed by atoms with Crippen LogP contribution in [-0.4, -0.2) is 12.1 Å². The second-order valence-electron chi connectivity index (χ2n) is 5.04. The summed E-state index contributed by atoms with van der Waals surface area (Å²) in [6, 6.07) is 19.6. The highest BCUT2D eigenvalue weighted by Crippen LogP contribution is 2.17. The standard InChI is InChI=1S/C19H20O2/c1-15(13-14-17-9-5-3-6-10-17)21-19(20)16(2)18-11-7-4-8-12-18/h3-16H,1-2H3/b14-13+/t15-,16-/m0/s1. The molecule has 0 unspecified atom stereocenters. The summed E-state index contributed by atoms with van der Waals surface area (Å²) in [6.07, 6.45) is 3.61. The van der Waals surface area contributed by atoms with Gasteiger partial charge in [0.1, 0.15) is 6.10 Å². The fourth-order valence-corrected chi connectivity index (χ4v) is 2.01. The molecule has 0 aliphatic heterocycles. The molecular formula is C19H20O2. The van der Waals surface area contributed by atoms with Gasteiger partial charge in [-0.1, -0.05) is 66.7 Å². The lowest BCUT2D eigenvalue weighted by atomic mass is 10.0. The van der Waals surface area contributed by atoms with E-state index in [0.29, 0.717) is 0 Å². The fraction of sp³-hybridized carbons (Fsp3) is 0.211. The largest absolute Gasteiger partial charge is 0.458 e. The van der Waals surface area contributed by atoms with Crippen LogP contribution in [0.4, 0.5) is 0 Å². The minimum absolute atomic E-state index is 0.202. The lowest BCUT2D eigenvalue weighted by molar-refractivity contribution is -0.147. The summed E-state index contributed by atoms with van der Waals surface area (Å²) in [4.78, 5) is 12.1. The zero-order valence-corrected chi connectivity index (χ0v) is 12.4. The summed E-state index contributed by atoms with van der Waals surface area (Å²) >= 11 is 0. The molecule has 0 radical (unpaired) electrons. The third-order valence-electron chi connectivity index (χ3n) is 3.31. The van der Waals surface area contributed by atoms with Crippen molar-refractivity contribution in [2.75, 3.05) is 0 Å². The normalized spacial score (nSPS) is 13.8. The Bertz CT molecular complexity index is 587. The number of carbonyl (C=O) groups is 1. The molecule has 2 rings (SSSR count). The summed E-state index contributed by atoms with van der Waals surface area (Å²) in [5.74, 6) is -0.454. The highest BCUT2D eigenvalue weighted by atomic mass is 16.5. The van der Waals surface area contributed by atoms with E-state index < -0.39 is 0 Å². The minimum Gasteiger partial charge on any atom is -0.458 e. The number of ether oxygens (including phenoxy) is 1. The second-order valence-corrected chi connectivity index (χ2v) is 5.04. The molecular weight excluding hydrogens is 260 g/mol. The highest BCUT2D eigenvalue weighted by Gasteiger charge is 2.17. The van der Waals surface area contributed by atoms with Crippen LogP contribution in [0.15, 0.2) is 66.7 Å². The summed E-state index contributed by atoms with van der Waals surface area (Å²) in [6.45, 7) is 3.74. The van der Waals surface area contributed by atoms with Gasteiger partial charge in [0, 0.05) is 0 Å². The van der Waals surface area contributed by atoms with Gasteiger partial charge in [0.2, 0.25) is 0 Å². The van der Waals surface area contributed by atoms with Crippen molar-refractivity contribution in [2.24, 2.45) is 0 Å². The van der Waals surface area contributed by atoms with Crippen molar-refractivity contribution >= 4 is 12.0 Å². The van der Waals surface area contributed by atoms with Crippen molar-refractivity contribution in [3.8, 4) is 0 Å². The second kappa shape index (κ2) is 7.44. The van der Waals surface area contributed by atoms with Crippen LogP contribution in [0.5, 0.6) is 0 Å². The van der Waals surface area contributed by atoms with Gasteiger partial charge in [-0.2, -0.15) is 0 Å². The summed E-state index contributed by atoms with van der Waals surface area (Å²) in [5.41, 5.74) is 2.07. The Kier molecular flexibility index (Phi) is 5.33. The van der Waals surface area contributed by atoms with Crippen LogP contribution in [0.1, 0.15) is 30.9 Å². The third-order valence-corrected chi connectivity index (χ3v) is 3.31. The van der Waals surface area contributed by atoms with E-state index in [1.54, 1.807) is 0 Å². The molecule has 0 heterocycles. The van der Waals surface area contributed by atoms with E-state index in [-0.39, 0.29) is 18.0 Å². The maximum atomic E-state index is 12.1. The molecule has 2 aromatic rings. The van der Waals surface area contributed by atoms with E-state index in [1.807, 2.05) is 86.7 Å².